The Kier molecular flexibility index (Phi) is 5.17. The quantitative estimate of drug-likeness (QED) is 0.649. The van der Waals surface area contributed by atoms with Crippen molar-refractivity contribution in [3.63, 3.8) is 0 Å². The monoisotopic (exact) mass is 385 g/mol. The second kappa shape index (κ2) is 7.89. The predicted molar refractivity (Wildman–Crippen MR) is 98.5 cm³/mol. The maximum atomic E-state index is 12.6. The van der Waals surface area contributed by atoms with Gasteiger partial charge < -0.3 is 18.9 Å². The molecule has 0 fully saturated rings. The molecule has 0 unspecified atom stereocenters. The van der Waals surface area contributed by atoms with Crippen molar-refractivity contribution in [1.29, 1.82) is 0 Å². The van der Waals surface area contributed by atoms with Gasteiger partial charge in [-0.05, 0) is 40.9 Å². The summed E-state index contributed by atoms with van der Waals surface area (Å²) in [4.78, 5) is 20.8. The lowest BCUT2D eigenvalue weighted by molar-refractivity contribution is 0.0693. The van der Waals surface area contributed by atoms with E-state index in [1.54, 1.807) is 28.6 Å². The fourth-order valence-corrected chi connectivity index (χ4v) is 4.11. The lowest BCUT2D eigenvalue weighted by atomic mass is 10.1. The van der Waals surface area contributed by atoms with Crippen LogP contribution in [0.5, 0.6) is 5.88 Å². The molecule has 4 heterocycles. The third-order valence-electron chi connectivity index (χ3n) is 4.38. The highest BCUT2D eigenvalue weighted by Crippen LogP contribution is 2.29. The molecule has 0 bridgehead atoms. The Labute approximate surface area is 160 Å². The van der Waals surface area contributed by atoms with Crippen molar-refractivity contribution in [1.82, 2.24) is 15.0 Å². The van der Waals surface area contributed by atoms with Crippen LogP contribution in [-0.2, 0) is 30.9 Å². The highest BCUT2D eigenvalue weighted by molar-refractivity contribution is 7.12. The third kappa shape index (κ3) is 4.01. The number of ether oxygens (including phenoxy) is 2. The van der Waals surface area contributed by atoms with Crippen molar-refractivity contribution >= 4 is 17.2 Å². The molecule has 1 amide bonds. The van der Waals surface area contributed by atoms with Crippen LogP contribution in [-0.4, -0.2) is 34.6 Å². The molecule has 8 heteroatoms. The zero-order valence-electron chi connectivity index (χ0n) is 14.9. The van der Waals surface area contributed by atoms with Gasteiger partial charge in [0.05, 0.1) is 26.4 Å². The maximum Gasteiger partial charge on any atom is 0.292 e. The Hall–Kier alpha value is -2.71. The van der Waals surface area contributed by atoms with Gasteiger partial charge in [-0.25, -0.2) is 0 Å². The third-order valence-corrected chi connectivity index (χ3v) is 5.59. The van der Waals surface area contributed by atoms with Gasteiger partial charge in [-0.15, -0.1) is 11.3 Å². The number of carbonyl (C=O) groups excluding carboxylic acids is 1. The van der Waals surface area contributed by atoms with Gasteiger partial charge in [0.1, 0.15) is 0 Å². The summed E-state index contributed by atoms with van der Waals surface area (Å²) >= 11 is 1.76. The molecule has 0 spiro atoms. The number of pyridine rings is 1. The molecule has 7 nitrogen and oxygen atoms in total. The zero-order valence-corrected chi connectivity index (χ0v) is 15.7. The molecule has 0 aliphatic carbocycles. The molecule has 0 saturated carbocycles. The second-order valence-electron chi connectivity index (χ2n) is 6.22. The van der Waals surface area contributed by atoms with E-state index in [0.29, 0.717) is 32.2 Å². The Morgan fingerprint density at radius 3 is 2.93 bits per heavy atom. The van der Waals surface area contributed by atoms with Crippen LogP contribution in [0.3, 0.4) is 0 Å². The maximum absolute atomic E-state index is 12.6. The van der Waals surface area contributed by atoms with Gasteiger partial charge in [0.15, 0.2) is 0 Å². The Balaban J connectivity index is 1.36. The van der Waals surface area contributed by atoms with Crippen LogP contribution in [0.4, 0.5) is 0 Å². The summed E-state index contributed by atoms with van der Waals surface area (Å²) in [7, 11) is 1.49. The first-order valence-electron chi connectivity index (χ1n) is 8.60. The summed E-state index contributed by atoms with van der Waals surface area (Å²) in [6.07, 6.45) is 4.36. The first kappa shape index (κ1) is 17.7. The molecule has 0 N–H and O–H groups in total. The van der Waals surface area contributed by atoms with Gasteiger partial charge in [-0.1, -0.05) is 0 Å². The van der Waals surface area contributed by atoms with Crippen LogP contribution in [0.1, 0.15) is 31.4 Å². The number of hydrogen-bond donors (Lipinski definition) is 0. The van der Waals surface area contributed by atoms with Crippen molar-refractivity contribution in [2.24, 2.45) is 0 Å². The summed E-state index contributed by atoms with van der Waals surface area (Å²) in [5.41, 5.74) is 2.28. The van der Waals surface area contributed by atoms with Gasteiger partial charge in [-0.2, -0.15) is 0 Å². The molecular weight excluding hydrogens is 366 g/mol. The van der Waals surface area contributed by atoms with Crippen molar-refractivity contribution < 1.29 is 18.8 Å². The van der Waals surface area contributed by atoms with Gasteiger partial charge in [0, 0.05) is 35.2 Å². The van der Waals surface area contributed by atoms with Crippen LogP contribution in [0, 0.1) is 0 Å². The molecule has 1 aliphatic rings. The van der Waals surface area contributed by atoms with Gasteiger partial charge in [0.2, 0.25) is 5.76 Å². The molecule has 0 radical (unpaired) electrons. The minimum atomic E-state index is -0.168. The van der Waals surface area contributed by atoms with Crippen LogP contribution in [0.25, 0.3) is 0 Å². The Morgan fingerprint density at radius 2 is 2.15 bits per heavy atom. The number of amides is 1. The molecule has 0 aromatic carbocycles. The number of fused-ring (bicyclic) bond motifs is 1. The number of nitrogens with zero attached hydrogens (tertiary/aromatic N) is 3. The minimum absolute atomic E-state index is 0.168. The highest BCUT2D eigenvalue weighted by Gasteiger charge is 2.26. The number of rotatable bonds is 6. The fraction of sp³-hybridized carbons (Fsp3) is 0.316. The van der Waals surface area contributed by atoms with E-state index in [9.17, 15) is 4.79 Å². The lowest BCUT2D eigenvalue weighted by Gasteiger charge is -2.25. The van der Waals surface area contributed by atoms with Crippen molar-refractivity contribution in [2.75, 3.05) is 13.7 Å². The molecule has 27 heavy (non-hydrogen) atoms. The second-order valence-corrected chi connectivity index (χ2v) is 7.44. The van der Waals surface area contributed by atoms with Crippen LogP contribution in [0.2, 0.25) is 0 Å². The molecule has 140 valence electrons. The fourth-order valence-electron chi connectivity index (χ4n) is 3.00. The molecule has 4 rings (SSSR count). The number of thiophene rings is 1. The van der Waals surface area contributed by atoms with E-state index in [-0.39, 0.29) is 11.7 Å². The predicted octanol–water partition coefficient (Wildman–Crippen LogP) is 3.06. The molecule has 1 aliphatic heterocycles. The molecule has 0 atom stereocenters. The minimum Gasteiger partial charge on any atom is -0.479 e. The van der Waals surface area contributed by atoms with E-state index in [4.69, 9.17) is 14.0 Å². The van der Waals surface area contributed by atoms with Crippen molar-refractivity contribution in [2.45, 2.75) is 26.2 Å². The topological polar surface area (TPSA) is 77.7 Å². The number of aromatic nitrogens is 2. The van der Waals surface area contributed by atoms with E-state index in [1.165, 1.54) is 28.5 Å². The van der Waals surface area contributed by atoms with E-state index < -0.39 is 0 Å². The van der Waals surface area contributed by atoms with Gasteiger partial charge >= 0.3 is 0 Å². The van der Waals surface area contributed by atoms with E-state index >= 15 is 0 Å². The average molecular weight is 385 g/mol. The SMILES string of the molecule is COc1cc(C(=O)N2CCc3sc(COCc4ccncc4)cc3C2)on1. The number of carbonyl (C=O) groups is 1. The molecular formula is C19H19N3O4S. The first-order chi connectivity index (χ1) is 13.2. The summed E-state index contributed by atoms with van der Waals surface area (Å²) in [5.74, 6) is 0.338. The Bertz CT molecular complexity index is 922. The number of methoxy groups -OCH3 is 1. The van der Waals surface area contributed by atoms with E-state index in [2.05, 4.69) is 16.2 Å². The Morgan fingerprint density at radius 1 is 1.30 bits per heavy atom. The highest BCUT2D eigenvalue weighted by atomic mass is 32.1. The summed E-state index contributed by atoms with van der Waals surface area (Å²) in [6, 6.07) is 7.54. The first-order valence-corrected chi connectivity index (χ1v) is 9.41. The van der Waals surface area contributed by atoms with Crippen LogP contribution in [0.15, 0.2) is 41.2 Å². The smallest absolute Gasteiger partial charge is 0.292 e. The standard InChI is InChI=1S/C19H19N3O4S/c1-24-18-9-16(26-21-18)19(23)22-7-4-17-14(10-22)8-15(27-17)12-25-11-13-2-5-20-6-3-13/h2-3,5-6,8-9H,4,7,10-12H2,1H3. The number of hydrogen-bond acceptors (Lipinski definition) is 7. The lowest BCUT2D eigenvalue weighted by Crippen LogP contribution is -2.35. The van der Waals surface area contributed by atoms with Crippen LogP contribution < -0.4 is 4.74 Å². The normalized spacial score (nSPS) is 13.4. The average Bonchev–Trinajstić information content (AvgIpc) is 3.34. The van der Waals surface area contributed by atoms with E-state index in [0.717, 1.165) is 12.0 Å². The van der Waals surface area contributed by atoms with Crippen LogP contribution >= 0.6 is 11.3 Å². The molecule has 3 aromatic rings. The summed E-state index contributed by atoms with van der Waals surface area (Å²) in [5, 5.41) is 3.69. The largest absolute Gasteiger partial charge is 0.479 e. The summed E-state index contributed by atoms with van der Waals surface area (Å²) < 4.78 is 15.8. The van der Waals surface area contributed by atoms with Crippen molar-refractivity contribution in [3.05, 3.63) is 63.3 Å². The summed E-state index contributed by atoms with van der Waals surface area (Å²) in [6.45, 7) is 2.35. The zero-order chi connectivity index (χ0) is 18.6. The van der Waals surface area contributed by atoms with E-state index in [1.807, 2.05) is 12.1 Å². The molecule has 3 aromatic heterocycles. The van der Waals surface area contributed by atoms with Gasteiger partial charge in [0.25, 0.3) is 11.8 Å². The molecule has 0 saturated heterocycles. The van der Waals surface area contributed by atoms with Gasteiger partial charge in [-0.3, -0.25) is 9.78 Å². The van der Waals surface area contributed by atoms with Crippen molar-refractivity contribution in [3.8, 4) is 5.88 Å².